The molecule has 0 aromatic rings. The van der Waals surface area contributed by atoms with Crippen molar-refractivity contribution >= 4 is 0 Å². The van der Waals surface area contributed by atoms with Crippen LogP contribution in [0.4, 0.5) is 0 Å². The molecule has 0 bridgehead atoms. The number of ether oxygens (including phenoxy) is 1. The Morgan fingerprint density at radius 1 is 1.45 bits per heavy atom. The third kappa shape index (κ3) is 3.96. The molecule has 0 aliphatic heterocycles. The predicted octanol–water partition coefficient (Wildman–Crippen LogP) is -1.68. The summed E-state index contributed by atoms with van der Waals surface area (Å²) in [6.07, 6.45) is 4.90. The summed E-state index contributed by atoms with van der Waals surface area (Å²) >= 11 is 0. The highest BCUT2D eigenvalue weighted by Crippen LogP contribution is 1.97. The van der Waals surface area contributed by atoms with Gasteiger partial charge in [-0.2, -0.15) is 0 Å². The first-order valence-electron chi connectivity index (χ1n) is 3.20. The number of hydrogen-bond acceptors (Lipinski definition) is 4. The lowest BCUT2D eigenvalue weighted by molar-refractivity contribution is 0.0369. The Morgan fingerprint density at radius 2 is 2.00 bits per heavy atom. The second kappa shape index (κ2) is 5.10. The normalized spacial score (nSPS) is 11.1. The number of nitrogens with two attached hydrogens (primary N) is 1. The van der Waals surface area contributed by atoms with Crippen molar-refractivity contribution in [2.45, 2.75) is 5.54 Å². The lowest BCUT2D eigenvalue weighted by atomic mass is 10.1. The summed E-state index contributed by atoms with van der Waals surface area (Å²) < 4.78 is 4.85. The van der Waals surface area contributed by atoms with Gasteiger partial charge in [0.05, 0.1) is 25.4 Å². The average molecular weight is 159 g/mol. The van der Waals surface area contributed by atoms with Gasteiger partial charge in [0.1, 0.15) is 6.61 Å². The molecule has 0 amide bonds. The van der Waals surface area contributed by atoms with Crippen LogP contribution in [0.3, 0.4) is 0 Å². The standard InChI is InChI=1S/C7H13NO3/c1-2-3-11-6-7(8,4-9)5-10/h1,9-10H,3-6,8H2. The summed E-state index contributed by atoms with van der Waals surface area (Å²) in [4.78, 5) is 0. The van der Waals surface area contributed by atoms with E-state index < -0.39 is 5.54 Å². The number of aliphatic hydroxyl groups is 2. The Kier molecular flexibility index (Phi) is 4.83. The fraction of sp³-hybridized carbons (Fsp3) is 0.714. The zero-order valence-electron chi connectivity index (χ0n) is 6.29. The second-order valence-electron chi connectivity index (χ2n) is 2.38. The molecule has 0 atom stereocenters. The molecule has 0 unspecified atom stereocenters. The van der Waals surface area contributed by atoms with Crippen molar-refractivity contribution in [3.63, 3.8) is 0 Å². The predicted molar refractivity (Wildman–Crippen MR) is 40.7 cm³/mol. The van der Waals surface area contributed by atoms with E-state index in [2.05, 4.69) is 5.92 Å². The van der Waals surface area contributed by atoms with Gasteiger partial charge in [-0.15, -0.1) is 6.42 Å². The van der Waals surface area contributed by atoms with Gasteiger partial charge < -0.3 is 20.7 Å². The first kappa shape index (κ1) is 10.4. The molecule has 0 aromatic carbocycles. The highest BCUT2D eigenvalue weighted by atomic mass is 16.5. The van der Waals surface area contributed by atoms with Crippen LogP contribution in [0.2, 0.25) is 0 Å². The van der Waals surface area contributed by atoms with Crippen LogP contribution in [0, 0.1) is 12.3 Å². The van der Waals surface area contributed by atoms with Crippen LogP contribution in [0.15, 0.2) is 0 Å². The van der Waals surface area contributed by atoms with Gasteiger partial charge in [-0.25, -0.2) is 0 Å². The van der Waals surface area contributed by atoms with Gasteiger partial charge >= 0.3 is 0 Å². The lowest BCUT2D eigenvalue weighted by Crippen LogP contribution is -2.51. The lowest BCUT2D eigenvalue weighted by Gasteiger charge is -2.23. The number of terminal acetylenes is 1. The molecule has 64 valence electrons. The molecular formula is C7H13NO3. The molecular weight excluding hydrogens is 146 g/mol. The molecule has 4 nitrogen and oxygen atoms in total. The largest absolute Gasteiger partial charge is 0.394 e. The van der Waals surface area contributed by atoms with E-state index in [9.17, 15) is 0 Å². The van der Waals surface area contributed by atoms with Crippen LogP contribution in [-0.4, -0.2) is 42.2 Å². The maximum atomic E-state index is 8.67. The number of rotatable bonds is 5. The molecule has 0 rings (SSSR count). The van der Waals surface area contributed by atoms with Crippen molar-refractivity contribution < 1.29 is 14.9 Å². The van der Waals surface area contributed by atoms with Gasteiger partial charge in [0.25, 0.3) is 0 Å². The van der Waals surface area contributed by atoms with Crippen LogP contribution in [0.5, 0.6) is 0 Å². The minimum Gasteiger partial charge on any atom is -0.394 e. The van der Waals surface area contributed by atoms with E-state index in [1.807, 2.05) is 0 Å². The van der Waals surface area contributed by atoms with Crippen molar-refractivity contribution in [3.05, 3.63) is 0 Å². The van der Waals surface area contributed by atoms with Crippen LogP contribution < -0.4 is 5.73 Å². The summed E-state index contributed by atoms with van der Waals surface area (Å²) in [7, 11) is 0. The Morgan fingerprint density at radius 3 is 2.36 bits per heavy atom. The van der Waals surface area contributed by atoms with E-state index in [0.29, 0.717) is 0 Å². The quantitative estimate of drug-likeness (QED) is 0.331. The monoisotopic (exact) mass is 159 g/mol. The molecule has 0 saturated carbocycles. The summed E-state index contributed by atoms with van der Waals surface area (Å²) in [6.45, 7) is -0.453. The Bertz CT molecular complexity index is 137. The van der Waals surface area contributed by atoms with Crippen molar-refractivity contribution in [2.75, 3.05) is 26.4 Å². The van der Waals surface area contributed by atoms with Crippen molar-refractivity contribution in [1.82, 2.24) is 0 Å². The van der Waals surface area contributed by atoms with Gasteiger partial charge in [0, 0.05) is 0 Å². The van der Waals surface area contributed by atoms with E-state index in [4.69, 9.17) is 27.1 Å². The minimum absolute atomic E-state index is 0.0597. The van der Waals surface area contributed by atoms with Gasteiger partial charge in [0.15, 0.2) is 0 Å². The second-order valence-corrected chi connectivity index (χ2v) is 2.38. The fourth-order valence-electron chi connectivity index (χ4n) is 0.455. The highest BCUT2D eigenvalue weighted by molar-refractivity contribution is 4.86. The smallest absolute Gasteiger partial charge is 0.107 e. The van der Waals surface area contributed by atoms with Gasteiger partial charge in [-0.3, -0.25) is 0 Å². The first-order chi connectivity index (χ1) is 5.18. The van der Waals surface area contributed by atoms with Crippen LogP contribution in [0.1, 0.15) is 0 Å². The Labute approximate surface area is 66.0 Å². The van der Waals surface area contributed by atoms with E-state index in [-0.39, 0.29) is 26.4 Å². The molecule has 0 radical (unpaired) electrons. The minimum atomic E-state index is -1.07. The first-order valence-corrected chi connectivity index (χ1v) is 3.20. The SMILES string of the molecule is C#CCOCC(N)(CO)CO. The summed E-state index contributed by atoms with van der Waals surface area (Å²) in [5, 5.41) is 17.3. The zero-order chi connectivity index (χ0) is 8.74. The van der Waals surface area contributed by atoms with E-state index in [0.717, 1.165) is 0 Å². The van der Waals surface area contributed by atoms with Gasteiger partial charge in [-0.1, -0.05) is 5.92 Å². The average Bonchev–Trinajstić information content (AvgIpc) is 2.05. The Balaban J connectivity index is 3.62. The fourth-order valence-corrected chi connectivity index (χ4v) is 0.455. The molecule has 0 aromatic heterocycles. The summed E-state index contributed by atoms with van der Waals surface area (Å²) in [5.41, 5.74) is 4.37. The van der Waals surface area contributed by atoms with Crippen LogP contribution in [0.25, 0.3) is 0 Å². The van der Waals surface area contributed by atoms with E-state index >= 15 is 0 Å². The summed E-state index contributed by atoms with van der Waals surface area (Å²) in [5.74, 6) is 2.25. The maximum Gasteiger partial charge on any atom is 0.107 e. The van der Waals surface area contributed by atoms with Gasteiger partial charge in [-0.05, 0) is 0 Å². The topological polar surface area (TPSA) is 75.7 Å². The molecule has 0 aliphatic rings. The molecule has 4 heteroatoms. The third-order valence-electron chi connectivity index (χ3n) is 1.20. The summed E-state index contributed by atoms with van der Waals surface area (Å²) in [6, 6.07) is 0. The molecule has 0 spiro atoms. The van der Waals surface area contributed by atoms with Crippen molar-refractivity contribution in [2.24, 2.45) is 5.73 Å². The third-order valence-corrected chi connectivity index (χ3v) is 1.20. The molecule has 11 heavy (non-hydrogen) atoms. The molecule has 0 aliphatic carbocycles. The number of hydrogen-bond donors (Lipinski definition) is 3. The number of aliphatic hydroxyl groups excluding tert-OH is 2. The van der Waals surface area contributed by atoms with E-state index in [1.165, 1.54) is 0 Å². The van der Waals surface area contributed by atoms with Crippen molar-refractivity contribution in [1.29, 1.82) is 0 Å². The maximum absolute atomic E-state index is 8.67. The van der Waals surface area contributed by atoms with Crippen molar-refractivity contribution in [3.8, 4) is 12.3 Å². The van der Waals surface area contributed by atoms with Crippen LogP contribution >= 0.6 is 0 Å². The Hall–Kier alpha value is -0.600. The molecule has 0 saturated heterocycles. The molecule has 0 heterocycles. The van der Waals surface area contributed by atoms with Gasteiger partial charge in [0.2, 0.25) is 0 Å². The molecule has 0 fully saturated rings. The zero-order valence-corrected chi connectivity index (χ0v) is 6.29. The molecule has 4 N–H and O–H groups in total. The highest BCUT2D eigenvalue weighted by Gasteiger charge is 2.22. The van der Waals surface area contributed by atoms with E-state index in [1.54, 1.807) is 0 Å². The van der Waals surface area contributed by atoms with Crippen LogP contribution in [-0.2, 0) is 4.74 Å².